The number of nitrogens with two attached hydrogens (primary N) is 1. The lowest BCUT2D eigenvalue weighted by atomic mass is 9.78. The van der Waals surface area contributed by atoms with Crippen molar-refractivity contribution in [2.75, 3.05) is 18.0 Å². The summed E-state index contributed by atoms with van der Waals surface area (Å²) in [5.74, 6) is 1.72. The first-order valence-corrected chi connectivity index (χ1v) is 6.98. The molecule has 0 unspecified atom stereocenters. The number of hydrogen-bond donors (Lipinski definition) is 1. The SMILES string of the molecule is N#CC1CCN(c2cc(C3CC(N)C3)ncn2)CC1. The van der Waals surface area contributed by atoms with Crippen molar-refractivity contribution in [1.29, 1.82) is 5.26 Å². The van der Waals surface area contributed by atoms with E-state index in [2.05, 4.69) is 27.0 Å². The Hall–Kier alpha value is -1.67. The maximum atomic E-state index is 8.92. The Labute approximate surface area is 113 Å². The molecule has 2 heterocycles. The molecule has 1 saturated carbocycles. The number of nitriles is 1. The molecule has 100 valence electrons. The van der Waals surface area contributed by atoms with Gasteiger partial charge in [-0.25, -0.2) is 9.97 Å². The first-order valence-electron chi connectivity index (χ1n) is 6.98. The molecule has 2 aliphatic rings. The molecule has 0 radical (unpaired) electrons. The summed E-state index contributed by atoms with van der Waals surface area (Å²) < 4.78 is 0. The van der Waals surface area contributed by atoms with Gasteiger partial charge in [-0.2, -0.15) is 5.26 Å². The second-order valence-corrected chi connectivity index (χ2v) is 5.62. The van der Waals surface area contributed by atoms with Gasteiger partial charge in [-0.3, -0.25) is 0 Å². The van der Waals surface area contributed by atoms with Crippen molar-refractivity contribution in [2.45, 2.75) is 37.6 Å². The monoisotopic (exact) mass is 257 g/mol. The van der Waals surface area contributed by atoms with Crippen molar-refractivity contribution in [3.8, 4) is 6.07 Å². The molecule has 1 aromatic rings. The fourth-order valence-corrected chi connectivity index (χ4v) is 2.90. The lowest BCUT2D eigenvalue weighted by Gasteiger charge is -2.33. The third kappa shape index (κ3) is 2.54. The van der Waals surface area contributed by atoms with Crippen molar-refractivity contribution in [2.24, 2.45) is 11.7 Å². The van der Waals surface area contributed by atoms with Gasteiger partial charge in [0.2, 0.25) is 0 Å². The van der Waals surface area contributed by atoms with Crippen LogP contribution < -0.4 is 10.6 Å². The topological polar surface area (TPSA) is 78.8 Å². The van der Waals surface area contributed by atoms with Crippen LogP contribution in [-0.2, 0) is 0 Å². The van der Waals surface area contributed by atoms with E-state index in [9.17, 15) is 0 Å². The van der Waals surface area contributed by atoms with Gasteiger partial charge in [0.25, 0.3) is 0 Å². The molecule has 2 fully saturated rings. The summed E-state index contributed by atoms with van der Waals surface area (Å²) in [7, 11) is 0. The second kappa shape index (κ2) is 5.14. The first-order chi connectivity index (χ1) is 9.26. The Morgan fingerprint density at radius 3 is 2.63 bits per heavy atom. The maximum absolute atomic E-state index is 8.92. The fraction of sp³-hybridized carbons (Fsp3) is 0.643. The van der Waals surface area contributed by atoms with Crippen LogP contribution in [-0.4, -0.2) is 29.1 Å². The smallest absolute Gasteiger partial charge is 0.132 e. The normalized spacial score (nSPS) is 27.7. The van der Waals surface area contributed by atoms with Crippen LogP contribution in [0.4, 0.5) is 5.82 Å². The average molecular weight is 257 g/mol. The number of anilines is 1. The predicted molar refractivity (Wildman–Crippen MR) is 72.5 cm³/mol. The van der Waals surface area contributed by atoms with Crippen LogP contribution in [0.1, 0.15) is 37.3 Å². The highest BCUT2D eigenvalue weighted by molar-refractivity contribution is 5.40. The molecule has 1 aliphatic heterocycles. The third-order valence-corrected chi connectivity index (χ3v) is 4.27. The van der Waals surface area contributed by atoms with E-state index < -0.39 is 0 Å². The van der Waals surface area contributed by atoms with E-state index in [0.717, 1.165) is 50.3 Å². The van der Waals surface area contributed by atoms with Crippen LogP contribution in [0.2, 0.25) is 0 Å². The number of rotatable bonds is 2. The Morgan fingerprint density at radius 2 is 2.00 bits per heavy atom. The largest absolute Gasteiger partial charge is 0.356 e. The van der Waals surface area contributed by atoms with Crippen molar-refractivity contribution in [3.05, 3.63) is 18.1 Å². The summed E-state index contributed by atoms with van der Waals surface area (Å²) in [4.78, 5) is 11.0. The molecule has 1 aliphatic carbocycles. The Morgan fingerprint density at radius 1 is 1.26 bits per heavy atom. The van der Waals surface area contributed by atoms with Gasteiger partial charge < -0.3 is 10.6 Å². The second-order valence-electron chi connectivity index (χ2n) is 5.62. The summed E-state index contributed by atoms with van der Waals surface area (Å²) >= 11 is 0. The van der Waals surface area contributed by atoms with Gasteiger partial charge in [0.15, 0.2) is 0 Å². The third-order valence-electron chi connectivity index (χ3n) is 4.27. The van der Waals surface area contributed by atoms with Crippen LogP contribution >= 0.6 is 0 Å². The average Bonchev–Trinajstić information content (AvgIpc) is 2.44. The van der Waals surface area contributed by atoms with Crippen molar-refractivity contribution in [1.82, 2.24) is 9.97 Å². The molecule has 0 spiro atoms. The highest BCUT2D eigenvalue weighted by atomic mass is 15.2. The zero-order chi connectivity index (χ0) is 13.2. The Kier molecular flexibility index (Phi) is 3.34. The van der Waals surface area contributed by atoms with Gasteiger partial charge in [-0.05, 0) is 25.7 Å². The van der Waals surface area contributed by atoms with Gasteiger partial charge in [-0.1, -0.05) is 0 Å². The van der Waals surface area contributed by atoms with Crippen LogP contribution in [0.3, 0.4) is 0 Å². The van der Waals surface area contributed by atoms with Crippen LogP contribution in [0.25, 0.3) is 0 Å². The quantitative estimate of drug-likeness (QED) is 0.866. The predicted octanol–water partition coefficient (Wildman–Crippen LogP) is 1.42. The van der Waals surface area contributed by atoms with Gasteiger partial charge in [0.05, 0.1) is 6.07 Å². The van der Waals surface area contributed by atoms with E-state index in [4.69, 9.17) is 11.0 Å². The summed E-state index contributed by atoms with van der Waals surface area (Å²) in [6.45, 7) is 1.83. The van der Waals surface area contributed by atoms with E-state index in [-0.39, 0.29) is 5.92 Å². The van der Waals surface area contributed by atoms with Crippen LogP contribution in [0.15, 0.2) is 12.4 Å². The first kappa shape index (κ1) is 12.4. The molecule has 0 bridgehead atoms. The summed E-state index contributed by atoms with van der Waals surface area (Å²) in [5, 5.41) is 8.92. The van der Waals surface area contributed by atoms with Crippen molar-refractivity contribution < 1.29 is 0 Å². The minimum absolute atomic E-state index is 0.210. The zero-order valence-corrected chi connectivity index (χ0v) is 11.0. The highest BCUT2D eigenvalue weighted by Crippen LogP contribution is 2.35. The van der Waals surface area contributed by atoms with Gasteiger partial charge in [0, 0.05) is 42.7 Å². The fourth-order valence-electron chi connectivity index (χ4n) is 2.90. The summed E-state index contributed by atoms with van der Waals surface area (Å²) in [5.41, 5.74) is 6.95. The molecule has 19 heavy (non-hydrogen) atoms. The lowest BCUT2D eigenvalue weighted by Crippen LogP contribution is -2.36. The molecule has 5 heteroatoms. The molecule has 1 saturated heterocycles. The maximum Gasteiger partial charge on any atom is 0.132 e. The van der Waals surface area contributed by atoms with E-state index in [0.29, 0.717) is 12.0 Å². The molecule has 1 aromatic heterocycles. The standard InChI is InChI=1S/C14H19N5/c15-8-10-1-3-19(4-2-10)14-7-13(17-9-18-14)11-5-12(16)6-11/h7,9-12H,1-6,16H2. The summed E-state index contributed by atoms with van der Waals surface area (Å²) in [6.07, 6.45) is 5.60. The molecular formula is C14H19N5. The van der Waals surface area contributed by atoms with E-state index in [1.807, 2.05) is 0 Å². The molecule has 5 nitrogen and oxygen atoms in total. The minimum atomic E-state index is 0.210. The molecule has 2 N–H and O–H groups in total. The Balaban J connectivity index is 1.68. The molecule has 0 aromatic carbocycles. The Bertz CT molecular complexity index is 481. The number of aromatic nitrogens is 2. The zero-order valence-electron chi connectivity index (χ0n) is 11.0. The minimum Gasteiger partial charge on any atom is -0.356 e. The van der Waals surface area contributed by atoms with Gasteiger partial charge >= 0.3 is 0 Å². The molecule has 0 amide bonds. The number of piperidine rings is 1. The lowest BCUT2D eigenvalue weighted by molar-refractivity contribution is 0.345. The number of hydrogen-bond acceptors (Lipinski definition) is 5. The van der Waals surface area contributed by atoms with Crippen molar-refractivity contribution in [3.63, 3.8) is 0 Å². The van der Waals surface area contributed by atoms with E-state index in [1.165, 1.54) is 0 Å². The molecule has 3 rings (SSSR count). The molecular weight excluding hydrogens is 238 g/mol. The summed E-state index contributed by atoms with van der Waals surface area (Å²) in [6, 6.07) is 4.80. The molecule has 0 atom stereocenters. The van der Waals surface area contributed by atoms with Gasteiger partial charge in [0.1, 0.15) is 12.1 Å². The van der Waals surface area contributed by atoms with Crippen molar-refractivity contribution >= 4 is 5.82 Å². The highest BCUT2D eigenvalue weighted by Gasteiger charge is 2.29. The number of nitrogens with zero attached hydrogens (tertiary/aromatic N) is 4. The van der Waals surface area contributed by atoms with E-state index in [1.54, 1.807) is 6.33 Å². The van der Waals surface area contributed by atoms with Crippen LogP contribution in [0, 0.1) is 17.2 Å². The van der Waals surface area contributed by atoms with Gasteiger partial charge in [-0.15, -0.1) is 0 Å². The van der Waals surface area contributed by atoms with Crippen LogP contribution in [0.5, 0.6) is 0 Å². The van der Waals surface area contributed by atoms with E-state index >= 15 is 0 Å².